The minimum absolute atomic E-state index is 0.0863. The van der Waals surface area contributed by atoms with Gasteiger partial charge in [-0.05, 0) is 51.1 Å². The fourth-order valence-corrected chi connectivity index (χ4v) is 5.62. The van der Waals surface area contributed by atoms with Gasteiger partial charge >= 0.3 is 0 Å². The van der Waals surface area contributed by atoms with Crippen LogP contribution in [0, 0.1) is 5.92 Å². The van der Waals surface area contributed by atoms with Crippen LogP contribution in [0.15, 0.2) is 24.3 Å². The van der Waals surface area contributed by atoms with Crippen molar-refractivity contribution in [2.75, 3.05) is 20.7 Å². The van der Waals surface area contributed by atoms with Gasteiger partial charge in [-0.1, -0.05) is 12.1 Å². The fraction of sp³-hybridized carbons (Fsp3) is 0.526. The number of carbonyl (C=O) groups excluding carboxylic acids is 1. The Morgan fingerprint density at radius 3 is 3.00 bits per heavy atom. The Bertz CT molecular complexity index is 770. The van der Waals surface area contributed by atoms with E-state index in [9.17, 15) is 4.79 Å². The van der Waals surface area contributed by atoms with Gasteiger partial charge in [0.1, 0.15) is 0 Å². The fourth-order valence-electron chi connectivity index (χ4n) is 5.62. The zero-order valence-corrected chi connectivity index (χ0v) is 13.8. The Kier molecular flexibility index (Phi) is 2.36. The summed E-state index contributed by atoms with van der Waals surface area (Å²) in [6, 6.07) is 4.59. The second-order valence-electron chi connectivity index (χ2n) is 7.49. The third-order valence-corrected chi connectivity index (χ3v) is 6.79. The number of rotatable bonds is 1. The van der Waals surface area contributed by atoms with Gasteiger partial charge in [0.15, 0.2) is 22.9 Å². The number of hydrogen-bond donors (Lipinski definition) is 0. The third kappa shape index (κ3) is 1.28. The number of piperidine rings is 1. The number of ether oxygens (including phenoxy) is 2. The van der Waals surface area contributed by atoms with E-state index in [0.717, 1.165) is 30.9 Å². The van der Waals surface area contributed by atoms with Gasteiger partial charge < -0.3 is 14.4 Å². The summed E-state index contributed by atoms with van der Waals surface area (Å²) in [5.74, 6) is 1.96. The standard InChI is InChI=1S/C19H21NO3/c1-18-15(21)7-5-12-13-10-11-4-6-14(22-3)17(23-18)16(11)19(12,18)8-9-20(13)2/h4-7,12-13H,8-10H2,1-3H3/t12-,13+,18+,19-/m0/s1. The lowest BCUT2D eigenvalue weighted by Crippen LogP contribution is -2.69. The molecule has 1 aromatic rings. The second-order valence-corrected chi connectivity index (χ2v) is 7.49. The van der Waals surface area contributed by atoms with Crippen LogP contribution in [0.1, 0.15) is 24.5 Å². The smallest absolute Gasteiger partial charge is 0.199 e. The highest BCUT2D eigenvalue weighted by Gasteiger charge is 2.70. The molecule has 0 amide bonds. The van der Waals surface area contributed by atoms with Crippen LogP contribution in [0.2, 0.25) is 0 Å². The minimum atomic E-state index is -0.807. The van der Waals surface area contributed by atoms with Gasteiger partial charge in [0.05, 0.1) is 12.5 Å². The van der Waals surface area contributed by atoms with Crippen LogP contribution in [-0.4, -0.2) is 43.0 Å². The number of nitrogens with zero attached hydrogens (tertiary/aromatic N) is 1. The normalized spacial score (nSPS) is 39.9. The molecule has 1 spiro atoms. The van der Waals surface area contributed by atoms with E-state index in [2.05, 4.69) is 24.1 Å². The summed E-state index contributed by atoms with van der Waals surface area (Å²) in [7, 11) is 3.87. The van der Waals surface area contributed by atoms with E-state index in [0.29, 0.717) is 12.0 Å². The van der Waals surface area contributed by atoms with Crippen molar-refractivity contribution in [1.29, 1.82) is 0 Å². The highest BCUT2D eigenvalue weighted by Crippen LogP contribution is 2.65. The van der Waals surface area contributed by atoms with Gasteiger partial charge in [-0.15, -0.1) is 0 Å². The molecule has 4 aliphatic rings. The predicted molar refractivity (Wildman–Crippen MR) is 86.1 cm³/mol. The maximum absolute atomic E-state index is 12.9. The van der Waals surface area contributed by atoms with Crippen LogP contribution in [0.4, 0.5) is 0 Å². The molecule has 0 N–H and O–H groups in total. The largest absolute Gasteiger partial charge is 0.493 e. The van der Waals surface area contributed by atoms with E-state index in [4.69, 9.17) is 9.47 Å². The zero-order chi connectivity index (χ0) is 16.0. The molecule has 4 nitrogen and oxygen atoms in total. The first-order chi connectivity index (χ1) is 11.0. The summed E-state index contributed by atoms with van der Waals surface area (Å²) in [5, 5.41) is 0. The molecule has 23 heavy (non-hydrogen) atoms. The van der Waals surface area contributed by atoms with Crippen LogP contribution < -0.4 is 9.47 Å². The molecule has 4 heteroatoms. The molecule has 1 aromatic carbocycles. The summed E-state index contributed by atoms with van der Waals surface area (Å²) >= 11 is 0. The van der Waals surface area contributed by atoms with Crippen molar-refractivity contribution >= 4 is 5.78 Å². The van der Waals surface area contributed by atoms with Crippen LogP contribution >= 0.6 is 0 Å². The molecule has 0 radical (unpaired) electrons. The number of hydrogen-bond acceptors (Lipinski definition) is 4. The summed E-state index contributed by atoms with van der Waals surface area (Å²) in [4.78, 5) is 15.3. The molecular weight excluding hydrogens is 290 g/mol. The number of methoxy groups -OCH3 is 1. The Morgan fingerprint density at radius 1 is 1.39 bits per heavy atom. The van der Waals surface area contributed by atoms with E-state index in [1.165, 1.54) is 11.1 Å². The first-order valence-electron chi connectivity index (χ1n) is 8.35. The van der Waals surface area contributed by atoms with E-state index in [-0.39, 0.29) is 11.2 Å². The first-order valence-corrected chi connectivity index (χ1v) is 8.35. The van der Waals surface area contributed by atoms with Crippen LogP contribution in [0.3, 0.4) is 0 Å². The summed E-state index contributed by atoms with van der Waals surface area (Å²) in [6.07, 6.45) is 5.85. The van der Waals surface area contributed by atoms with Crippen LogP contribution in [0.25, 0.3) is 0 Å². The molecule has 2 aliphatic heterocycles. The van der Waals surface area contributed by atoms with E-state index in [1.807, 2.05) is 13.0 Å². The van der Waals surface area contributed by atoms with Gasteiger partial charge in [-0.25, -0.2) is 0 Å². The molecule has 2 heterocycles. The van der Waals surface area contributed by atoms with E-state index in [1.54, 1.807) is 13.2 Å². The van der Waals surface area contributed by atoms with Crippen molar-refractivity contribution in [3.63, 3.8) is 0 Å². The molecule has 1 saturated heterocycles. The van der Waals surface area contributed by atoms with Crippen molar-refractivity contribution in [3.05, 3.63) is 35.4 Å². The van der Waals surface area contributed by atoms with Crippen molar-refractivity contribution in [1.82, 2.24) is 4.90 Å². The molecule has 0 saturated carbocycles. The SMILES string of the molecule is COc1ccc2c3c1O[C@]1(C)C(=O)C=C[C@H]4[C@@H](C2)N(C)CC[C@@]341. The van der Waals surface area contributed by atoms with Gasteiger partial charge in [-0.3, -0.25) is 4.79 Å². The third-order valence-electron chi connectivity index (χ3n) is 6.79. The summed E-state index contributed by atoms with van der Waals surface area (Å²) < 4.78 is 11.9. The maximum Gasteiger partial charge on any atom is 0.199 e. The van der Waals surface area contributed by atoms with Gasteiger partial charge in [0.2, 0.25) is 0 Å². The lowest BCUT2D eigenvalue weighted by Gasteiger charge is -2.58. The van der Waals surface area contributed by atoms with Crippen molar-refractivity contribution in [2.45, 2.75) is 36.8 Å². The lowest BCUT2D eigenvalue weighted by molar-refractivity contribution is -0.140. The number of carbonyl (C=O) groups is 1. The summed E-state index contributed by atoms with van der Waals surface area (Å²) in [5.41, 5.74) is 1.51. The highest BCUT2D eigenvalue weighted by atomic mass is 16.5. The molecular formula is C19H21NO3. The monoisotopic (exact) mass is 311 g/mol. The Hall–Kier alpha value is -1.81. The number of likely N-dealkylation sites (N-methyl/N-ethyl adjacent to an activating group) is 1. The lowest BCUT2D eigenvalue weighted by atomic mass is 9.49. The topological polar surface area (TPSA) is 38.8 Å². The molecule has 0 unspecified atom stereocenters. The second kappa shape index (κ2) is 3.99. The Balaban J connectivity index is 1.88. The maximum atomic E-state index is 12.9. The molecule has 4 atom stereocenters. The molecule has 1 fully saturated rings. The van der Waals surface area contributed by atoms with Gasteiger partial charge in [0.25, 0.3) is 0 Å². The summed E-state index contributed by atoms with van der Waals surface area (Å²) in [6.45, 7) is 2.99. The minimum Gasteiger partial charge on any atom is -0.493 e. The molecule has 2 aliphatic carbocycles. The molecule has 2 bridgehead atoms. The van der Waals surface area contributed by atoms with E-state index < -0.39 is 5.60 Å². The average Bonchev–Trinajstić information content (AvgIpc) is 2.82. The quantitative estimate of drug-likeness (QED) is 0.796. The molecule has 5 rings (SSSR count). The van der Waals surface area contributed by atoms with E-state index >= 15 is 0 Å². The predicted octanol–water partition coefficient (Wildman–Crippen LogP) is 2.10. The Labute approximate surface area is 136 Å². The molecule has 120 valence electrons. The van der Waals surface area contributed by atoms with Gasteiger partial charge in [0, 0.05) is 17.5 Å². The molecule has 0 aromatic heterocycles. The number of likely N-dealkylation sites (tertiary alicyclic amines) is 1. The van der Waals surface area contributed by atoms with Crippen LogP contribution in [-0.2, 0) is 16.6 Å². The van der Waals surface area contributed by atoms with Crippen LogP contribution in [0.5, 0.6) is 11.5 Å². The number of ketones is 1. The Morgan fingerprint density at radius 2 is 2.22 bits per heavy atom. The average molecular weight is 311 g/mol. The van der Waals surface area contributed by atoms with Crippen molar-refractivity contribution in [3.8, 4) is 11.5 Å². The zero-order valence-electron chi connectivity index (χ0n) is 13.8. The number of benzene rings is 1. The first kappa shape index (κ1) is 13.6. The van der Waals surface area contributed by atoms with Gasteiger partial charge in [-0.2, -0.15) is 0 Å². The van der Waals surface area contributed by atoms with Crippen molar-refractivity contribution < 1.29 is 14.3 Å². The highest BCUT2D eigenvalue weighted by molar-refractivity contribution is 6.01. The van der Waals surface area contributed by atoms with Crippen molar-refractivity contribution in [2.24, 2.45) is 5.92 Å².